The van der Waals surface area contributed by atoms with Crippen molar-refractivity contribution in [3.63, 3.8) is 0 Å². The Balaban J connectivity index is 2.02. The highest BCUT2D eigenvalue weighted by molar-refractivity contribution is 5.82. The van der Waals surface area contributed by atoms with Gasteiger partial charge in [0, 0.05) is 6.61 Å². The Morgan fingerprint density at radius 1 is 1.43 bits per heavy atom. The second kappa shape index (κ2) is 7.54. The maximum Gasteiger partial charge on any atom is 0.333 e. The SMILES string of the molecule is CCOC(=O)C(N)(COCC1CCCO1)c1ccccc1. The van der Waals surface area contributed by atoms with Gasteiger partial charge < -0.3 is 19.9 Å². The summed E-state index contributed by atoms with van der Waals surface area (Å²) < 4.78 is 16.3. The molecule has 0 aromatic heterocycles. The largest absolute Gasteiger partial charge is 0.464 e. The molecule has 0 saturated carbocycles. The third-order valence-corrected chi connectivity index (χ3v) is 3.59. The number of hydrogen-bond acceptors (Lipinski definition) is 5. The zero-order chi connectivity index (χ0) is 15.1. The highest BCUT2D eigenvalue weighted by atomic mass is 16.5. The average Bonchev–Trinajstić information content (AvgIpc) is 3.01. The van der Waals surface area contributed by atoms with Crippen molar-refractivity contribution in [2.45, 2.75) is 31.4 Å². The maximum absolute atomic E-state index is 12.2. The lowest BCUT2D eigenvalue weighted by Gasteiger charge is -2.27. The lowest BCUT2D eigenvalue weighted by molar-refractivity contribution is -0.153. The molecule has 2 rings (SSSR count). The quantitative estimate of drug-likeness (QED) is 0.773. The van der Waals surface area contributed by atoms with Crippen molar-refractivity contribution in [3.05, 3.63) is 35.9 Å². The van der Waals surface area contributed by atoms with Crippen molar-refractivity contribution in [2.24, 2.45) is 5.73 Å². The fourth-order valence-corrected chi connectivity index (χ4v) is 2.38. The van der Waals surface area contributed by atoms with Gasteiger partial charge in [0.25, 0.3) is 0 Å². The molecule has 1 aliphatic rings. The van der Waals surface area contributed by atoms with Crippen molar-refractivity contribution in [1.82, 2.24) is 0 Å². The molecular formula is C16H23NO4. The highest BCUT2D eigenvalue weighted by Gasteiger charge is 2.38. The molecule has 1 fully saturated rings. The fourth-order valence-electron chi connectivity index (χ4n) is 2.38. The number of benzene rings is 1. The van der Waals surface area contributed by atoms with Gasteiger partial charge >= 0.3 is 5.97 Å². The van der Waals surface area contributed by atoms with Gasteiger partial charge in [-0.1, -0.05) is 30.3 Å². The third kappa shape index (κ3) is 4.03. The van der Waals surface area contributed by atoms with Crippen LogP contribution >= 0.6 is 0 Å². The van der Waals surface area contributed by atoms with Crippen LogP contribution in [0.3, 0.4) is 0 Å². The summed E-state index contributed by atoms with van der Waals surface area (Å²) in [6.45, 7) is 3.35. The number of nitrogens with two attached hydrogens (primary N) is 1. The second-order valence-electron chi connectivity index (χ2n) is 5.21. The smallest absolute Gasteiger partial charge is 0.333 e. The summed E-state index contributed by atoms with van der Waals surface area (Å²) in [7, 11) is 0. The predicted octanol–water partition coefficient (Wildman–Crippen LogP) is 1.60. The van der Waals surface area contributed by atoms with Crippen molar-refractivity contribution in [2.75, 3.05) is 26.4 Å². The summed E-state index contributed by atoms with van der Waals surface area (Å²) in [6.07, 6.45) is 2.15. The molecule has 21 heavy (non-hydrogen) atoms. The van der Waals surface area contributed by atoms with E-state index in [0.717, 1.165) is 19.4 Å². The van der Waals surface area contributed by atoms with Crippen molar-refractivity contribution < 1.29 is 19.0 Å². The van der Waals surface area contributed by atoms with Crippen molar-refractivity contribution in [3.8, 4) is 0 Å². The first-order valence-corrected chi connectivity index (χ1v) is 7.38. The van der Waals surface area contributed by atoms with E-state index in [9.17, 15) is 4.79 Å². The first-order chi connectivity index (χ1) is 10.2. The minimum atomic E-state index is -1.28. The second-order valence-corrected chi connectivity index (χ2v) is 5.21. The molecule has 1 aromatic rings. The van der Waals surface area contributed by atoms with Gasteiger partial charge in [0.2, 0.25) is 0 Å². The Morgan fingerprint density at radius 3 is 2.81 bits per heavy atom. The van der Waals surface area contributed by atoms with Gasteiger partial charge in [0.15, 0.2) is 5.54 Å². The summed E-state index contributed by atoms with van der Waals surface area (Å²) in [4.78, 5) is 12.2. The fraction of sp³-hybridized carbons (Fsp3) is 0.562. The topological polar surface area (TPSA) is 70.8 Å². The third-order valence-electron chi connectivity index (χ3n) is 3.59. The van der Waals surface area contributed by atoms with Gasteiger partial charge in [0.1, 0.15) is 0 Å². The molecule has 5 nitrogen and oxygen atoms in total. The van der Waals surface area contributed by atoms with Crippen LogP contribution in [0.25, 0.3) is 0 Å². The normalized spacial score (nSPS) is 21.0. The van der Waals surface area contributed by atoms with Crippen LogP contribution in [-0.2, 0) is 24.5 Å². The van der Waals surface area contributed by atoms with E-state index in [1.807, 2.05) is 30.3 Å². The lowest BCUT2D eigenvalue weighted by atomic mass is 9.92. The van der Waals surface area contributed by atoms with Crippen LogP contribution in [0.1, 0.15) is 25.3 Å². The van der Waals surface area contributed by atoms with Crippen LogP contribution in [0, 0.1) is 0 Å². The monoisotopic (exact) mass is 293 g/mol. The Morgan fingerprint density at radius 2 is 2.19 bits per heavy atom. The van der Waals surface area contributed by atoms with E-state index in [-0.39, 0.29) is 19.3 Å². The first-order valence-electron chi connectivity index (χ1n) is 7.38. The molecule has 0 radical (unpaired) electrons. The molecular weight excluding hydrogens is 270 g/mol. The maximum atomic E-state index is 12.2. The number of esters is 1. The minimum absolute atomic E-state index is 0.0791. The molecule has 1 heterocycles. The molecule has 0 spiro atoms. The van der Waals surface area contributed by atoms with E-state index in [1.165, 1.54) is 0 Å². The average molecular weight is 293 g/mol. The molecule has 1 saturated heterocycles. The standard InChI is InChI=1S/C16H23NO4/c1-2-20-15(18)16(17,13-7-4-3-5-8-13)12-19-11-14-9-6-10-21-14/h3-5,7-8,14H,2,6,9-12,17H2,1H3. The molecule has 2 atom stereocenters. The Labute approximate surface area is 125 Å². The molecule has 2 unspecified atom stereocenters. The Kier molecular flexibility index (Phi) is 5.73. The zero-order valence-electron chi connectivity index (χ0n) is 12.4. The lowest BCUT2D eigenvalue weighted by Crippen LogP contribution is -2.50. The first kappa shape index (κ1) is 15.9. The Hall–Kier alpha value is -1.43. The van der Waals surface area contributed by atoms with Crippen LogP contribution in [-0.4, -0.2) is 38.5 Å². The molecule has 1 aromatic carbocycles. The van der Waals surface area contributed by atoms with E-state index >= 15 is 0 Å². The summed E-state index contributed by atoms with van der Waals surface area (Å²) in [5.41, 5.74) is 5.70. The van der Waals surface area contributed by atoms with Crippen LogP contribution in [0.15, 0.2) is 30.3 Å². The number of hydrogen-bond donors (Lipinski definition) is 1. The van der Waals surface area contributed by atoms with Crippen molar-refractivity contribution in [1.29, 1.82) is 0 Å². The molecule has 2 N–H and O–H groups in total. The molecule has 0 bridgehead atoms. The van der Waals surface area contributed by atoms with Crippen LogP contribution in [0.5, 0.6) is 0 Å². The molecule has 0 aliphatic carbocycles. The van der Waals surface area contributed by atoms with Gasteiger partial charge in [0.05, 0.1) is 25.9 Å². The van der Waals surface area contributed by atoms with E-state index in [0.29, 0.717) is 12.2 Å². The van der Waals surface area contributed by atoms with Crippen molar-refractivity contribution >= 4 is 5.97 Å². The van der Waals surface area contributed by atoms with Gasteiger partial charge in [-0.05, 0) is 25.3 Å². The highest BCUT2D eigenvalue weighted by Crippen LogP contribution is 2.21. The van der Waals surface area contributed by atoms with Crippen LogP contribution in [0.2, 0.25) is 0 Å². The van der Waals surface area contributed by atoms with E-state index in [4.69, 9.17) is 19.9 Å². The van der Waals surface area contributed by atoms with E-state index in [1.54, 1.807) is 6.92 Å². The molecule has 5 heteroatoms. The van der Waals surface area contributed by atoms with Crippen LogP contribution in [0.4, 0.5) is 0 Å². The van der Waals surface area contributed by atoms with Gasteiger partial charge in [-0.15, -0.1) is 0 Å². The van der Waals surface area contributed by atoms with Gasteiger partial charge in [-0.3, -0.25) is 0 Å². The van der Waals surface area contributed by atoms with Crippen LogP contribution < -0.4 is 5.73 Å². The number of carbonyl (C=O) groups is 1. The van der Waals surface area contributed by atoms with Gasteiger partial charge in [-0.2, -0.15) is 0 Å². The zero-order valence-corrected chi connectivity index (χ0v) is 12.4. The molecule has 0 amide bonds. The molecule has 1 aliphatic heterocycles. The number of carbonyl (C=O) groups excluding carboxylic acids is 1. The summed E-state index contributed by atoms with van der Waals surface area (Å²) >= 11 is 0. The minimum Gasteiger partial charge on any atom is -0.464 e. The van der Waals surface area contributed by atoms with E-state index < -0.39 is 11.5 Å². The summed E-state index contributed by atoms with van der Waals surface area (Å²) in [5.74, 6) is -0.469. The Bertz CT molecular complexity index is 445. The van der Waals surface area contributed by atoms with E-state index in [2.05, 4.69) is 0 Å². The number of rotatable bonds is 7. The number of ether oxygens (including phenoxy) is 3. The molecule has 116 valence electrons. The van der Waals surface area contributed by atoms with Gasteiger partial charge in [-0.25, -0.2) is 4.79 Å². The summed E-state index contributed by atoms with van der Waals surface area (Å²) in [6, 6.07) is 9.19. The summed E-state index contributed by atoms with van der Waals surface area (Å²) in [5, 5.41) is 0. The predicted molar refractivity (Wildman–Crippen MR) is 78.7 cm³/mol.